The molecule has 0 unspecified atom stereocenters. The van der Waals surface area contributed by atoms with Crippen molar-refractivity contribution in [2.45, 2.75) is 32.8 Å². The van der Waals surface area contributed by atoms with Crippen LogP contribution in [0.3, 0.4) is 0 Å². The molecular weight excluding hydrogens is 204 g/mol. The van der Waals surface area contributed by atoms with Gasteiger partial charge in [0.25, 0.3) is 0 Å². The number of carbonyl (C=O) groups excluding carboxylic acids is 2. The predicted octanol–water partition coefficient (Wildman–Crippen LogP) is 2.60. The molecule has 0 bridgehead atoms. The maximum atomic E-state index is 11.6. The van der Waals surface area contributed by atoms with Crippen molar-refractivity contribution in [1.82, 2.24) is 0 Å². The van der Waals surface area contributed by atoms with Gasteiger partial charge < -0.3 is 4.74 Å². The maximum Gasteiger partial charge on any atom is 0.338 e. The minimum atomic E-state index is -0.660. The van der Waals surface area contributed by atoms with E-state index in [0.717, 1.165) is 6.42 Å². The summed E-state index contributed by atoms with van der Waals surface area (Å²) in [5.74, 6) is -0.482. The first-order valence-corrected chi connectivity index (χ1v) is 5.44. The molecule has 0 aliphatic carbocycles. The summed E-state index contributed by atoms with van der Waals surface area (Å²) in [6.45, 7) is 3.53. The predicted molar refractivity (Wildman–Crippen MR) is 61.2 cm³/mol. The molecule has 0 saturated carbocycles. The summed E-state index contributed by atoms with van der Waals surface area (Å²) < 4.78 is 5.06. The minimum absolute atomic E-state index is 0.0354. The fourth-order valence-electron chi connectivity index (χ4n) is 1.32. The monoisotopic (exact) mass is 220 g/mol. The summed E-state index contributed by atoms with van der Waals surface area (Å²) >= 11 is 0. The van der Waals surface area contributed by atoms with Gasteiger partial charge in [-0.1, -0.05) is 25.1 Å². The van der Waals surface area contributed by atoms with Crippen molar-refractivity contribution in [1.29, 1.82) is 0 Å². The average Bonchev–Trinajstić information content (AvgIpc) is 2.30. The highest BCUT2D eigenvalue weighted by atomic mass is 16.5. The van der Waals surface area contributed by atoms with Crippen LogP contribution in [0.1, 0.15) is 37.0 Å². The summed E-state index contributed by atoms with van der Waals surface area (Å²) in [6, 6.07) is 8.67. The molecule has 86 valence electrons. The van der Waals surface area contributed by atoms with Gasteiger partial charge in [0.2, 0.25) is 0 Å². The molecule has 0 amide bonds. The molecule has 0 N–H and O–H groups in total. The molecule has 1 atom stereocenters. The third-order valence-corrected chi connectivity index (χ3v) is 2.24. The fraction of sp³-hybridized carbons (Fsp3) is 0.385. The Bertz CT molecular complexity index is 357. The number of benzene rings is 1. The van der Waals surface area contributed by atoms with Gasteiger partial charge >= 0.3 is 5.97 Å². The van der Waals surface area contributed by atoms with Gasteiger partial charge in [0.15, 0.2) is 11.9 Å². The second kappa shape index (κ2) is 6.05. The highest BCUT2D eigenvalue weighted by molar-refractivity contribution is 5.92. The zero-order valence-electron chi connectivity index (χ0n) is 9.60. The smallest absolute Gasteiger partial charge is 0.338 e. The molecule has 3 nitrogen and oxygen atoms in total. The number of hydrogen-bond acceptors (Lipinski definition) is 3. The minimum Gasteiger partial charge on any atom is -0.451 e. The van der Waals surface area contributed by atoms with Gasteiger partial charge in [-0.25, -0.2) is 4.79 Å². The number of ether oxygens (including phenoxy) is 1. The number of carbonyl (C=O) groups is 2. The van der Waals surface area contributed by atoms with Gasteiger partial charge in [0.1, 0.15) is 0 Å². The Kier molecular flexibility index (Phi) is 4.70. The van der Waals surface area contributed by atoms with E-state index in [0.29, 0.717) is 12.0 Å². The molecule has 0 spiro atoms. The van der Waals surface area contributed by atoms with Crippen molar-refractivity contribution in [3.63, 3.8) is 0 Å². The second-order valence-corrected chi connectivity index (χ2v) is 3.63. The largest absolute Gasteiger partial charge is 0.451 e. The van der Waals surface area contributed by atoms with E-state index >= 15 is 0 Å². The van der Waals surface area contributed by atoms with Gasteiger partial charge in [0, 0.05) is 6.42 Å². The van der Waals surface area contributed by atoms with E-state index in [9.17, 15) is 9.59 Å². The van der Waals surface area contributed by atoms with Crippen LogP contribution in [-0.4, -0.2) is 17.9 Å². The van der Waals surface area contributed by atoms with Crippen LogP contribution in [0.15, 0.2) is 30.3 Å². The van der Waals surface area contributed by atoms with Crippen LogP contribution in [-0.2, 0) is 9.53 Å². The van der Waals surface area contributed by atoms with Crippen molar-refractivity contribution in [2.75, 3.05) is 0 Å². The van der Waals surface area contributed by atoms with E-state index in [-0.39, 0.29) is 5.78 Å². The number of hydrogen-bond donors (Lipinski definition) is 0. The first kappa shape index (κ1) is 12.4. The standard InChI is InChI=1S/C13H16O3/c1-3-7-12(14)10(2)16-13(15)11-8-5-4-6-9-11/h4-6,8-10H,3,7H2,1-2H3/t10-/m0/s1. The van der Waals surface area contributed by atoms with Crippen molar-refractivity contribution in [3.8, 4) is 0 Å². The van der Waals surface area contributed by atoms with E-state index < -0.39 is 12.1 Å². The molecule has 1 aromatic carbocycles. The Balaban J connectivity index is 2.55. The van der Waals surface area contributed by atoms with E-state index in [2.05, 4.69) is 0 Å². The molecule has 0 aliphatic heterocycles. The molecule has 1 aromatic rings. The molecule has 0 aliphatic rings. The summed E-state index contributed by atoms with van der Waals surface area (Å²) in [6.07, 6.45) is 0.558. The van der Waals surface area contributed by atoms with Gasteiger partial charge in [-0.05, 0) is 25.5 Å². The van der Waals surface area contributed by atoms with E-state index in [4.69, 9.17) is 4.74 Å². The van der Waals surface area contributed by atoms with Crippen molar-refractivity contribution in [3.05, 3.63) is 35.9 Å². The summed E-state index contributed by atoms with van der Waals surface area (Å²) in [5.41, 5.74) is 0.471. The summed E-state index contributed by atoms with van der Waals surface area (Å²) in [5, 5.41) is 0. The molecule has 1 rings (SSSR count). The molecule has 0 aromatic heterocycles. The molecule has 0 fully saturated rings. The summed E-state index contributed by atoms with van der Waals surface area (Å²) in [7, 11) is 0. The lowest BCUT2D eigenvalue weighted by Crippen LogP contribution is -2.23. The van der Waals surface area contributed by atoms with Crippen LogP contribution >= 0.6 is 0 Å². The number of esters is 1. The van der Waals surface area contributed by atoms with Gasteiger partial charge in [-0.15, -0.1) is 0 Å². The van der Waals surface area contributed by atoms with E-state index in [1.807, 2.05) is 13.0 Å². The Hall–Kier alpha value is -1.64. The van der Waals surface area contributed by atoms with Crippen LogP contribution in [0.4, 0.5) is 0 Å². The first-order valence-electron chi connectivity index (χ1n) is 5.44. The van der Waals surface area contributed by atoms with Crippen LogP contribution in [0.5, 0.6) is 0 Å². The first-order chi connectivity index (χ1) is 7.65. The van der Waals surface area contributed by atoms with Crippen LogP contribution < -0.4 is 0 Å². The van der Waals surface area contributed by atoms with Crippen LogP contribution in [0.2, 0.25) is 0 Å². The Labute approximate surface area is 95.4 Å². The van der Waals surface area contributed by atoms with E-state index in [1.54, 1.807) is 31.2 Å². The molecular formula is C13H16O3. The Morgan fingerprint density at radius 3 is 2.44 bits per heavy atom. The third kappa shape index (κ3) is 3.50. The SMILES string of the molecule is CCCC(=O)[C@H](C)OC(=O)c1ccccc1. The quantitative estimate of drug-likeness (QED) is 0.716. The molecule has 0 saturated heterocycles. The van der Waals surface area contributed by atoms with Crippen molar-refractivity contribution >= 4 is 11.8 Å². The molecule has 16 heavy (non-hydrogen) atoms. The number of Topliss-reactive ketones (excluding diaryl/α,β-unsaturated/α-hetero) is 1. The highest BCUT2D eigenvalue weighted by Gasteiger charge is 2.17. The fourth-order valence-corrected chi connectivity index (χ4v) is 1.32. The van der Waals surface area contributed by atoms with Crippen LogP contribution in [0.25, 0.3) is 0 Å². The van der Waals surface area contributed by atoms with Crippen molar-refractivity contribution < 1.29 is 14.3 Å². The normalized spacial score (nSPS) is 11.9. The molecule has 0 heterocycles. The zero-order valence-corrected chi connectivity index (χ0v) is 9.60. The van der Waals surface area contributed by atoms with Gasteiger partial charge in [0.05, 0.1) is 5.56 Å². The lowest BCUT2D eigenvalue weighted by Gasteiger charge is -2.11. The topological polar surface area (TPSA) is 43.4 Å². The Morgan fingerprint density at radius 2 is 1.88 bits per heavy atom. The zero-order chi connectivity index (χ0) is 12.0. The van der Waals surface area contributed by atoms with Gasteiger partial charge in [-0.2, -0.15) is 0 Å². The summed E-state index contributed by atoms with van der Waals surface area (Å²) in [4.78, 5) is 23.0. The molecule has 0 radical (unpaired) electrons. The van der Waals surface area contributed by atoms with Gasteiger partial charge in [-0.3, -0.25) is 4.79 Å². The van der Waals surface area contributed by atoms with E-state index in [1.165, 1.54) is 0 Å². The Morgan fingerprint density at radius 1 is 1.25 bits per heavy atom. The third-order valence-electron chi connectivity index (χ3n) is 2.24. The second-order valence-electron chi connectivity index (χ2n) is 3.63. The maximum absolute atomic E-state index is 11.6. The number of ketones is 1. The lowest BCUT2D eigenvalue weighted by molar-refractivity contribution is -0.126. The average molecular weight is 220 g/mol. The van der Waals surface area contributed by atoms with Crippen LogP contribution in [0, 0.1) is 0 Å². The highest BCUT2D eigenvalue weighted by Crippen LogP contribution is 2.06. The number of rotatable bonds is 5. The van der Waals surface area contributed by atoms with Crippen molar-refractivity contribution in [2.24, 2.45) is 0 Å². The lowest BCUT2D eigenvalue weighted by atomic mass is 10.1. The molecule has 3 heteroatoms.